The molecule has 0 saturated heterocycles. The molecule has 0 bridgehead atoms. The van der Waals surface area contributed by atoms with Gasteiger partial charge in [-0.3, -0.25) is 0 Å². The van der Waals surface area contributed by atoms with Gasteiger partial charge >= 0.3 is 11.9 Å². The largest absolute Gasteiger partial charge is 0.482 e. The molecule has 0 radical (unpaired) electrons. The van der Waals surface area contributed by atoms with Crippen molar-refractivity contribution in [3.63, 3.8) is 0 Å². The van der Waals surface area contributed by atoms with E-state index in [4.69, 9.17) is 15.6 Å². The van der Waals surface area contributed by atoms with Gasteiger partial charge in [0.15, 0.2) is 6.61 Å². The van der Waals surface area contributed by atoms with E-state index in [1.165, 1.54) is 0 Å². The zero-order valence-electron chi connectivity index (χ0n) is 13.1. The van der Waals surface area contributed by atoms with Gasteiger partial charge in [-0.15, -0.1) is 0 Å². The second-order valence-electron chi connectivity index (χ2n) is 5.63. The summed E-state index contributed by atoms with van der Waals surface area (Å²) < 4.78 is 7.20. The Balaban J connectivity index is 1.72. The van der Waals surface area contributed by atoms with Gasteiger partial charge in [-0.1, -0.05) is 12.1 Å². The van der Waals surface area contributed by atoms with Crippen molar-refractivity contribution in [3.05, 3.63) is 54.1 Å². The number of aliphatic imine (C=N–C) groups is 1. The van der Waals surface area contributed by atoms with E-state index in [0.717, 1.165) is 22.5 Å². The Morgan fingerprint density at radius 1 is 1.24 bits per heavy atom. The Bertz CT molecular complexity index is 978. The van der Waals surface area contributed by atoms with Gasteiger partial charge in [-0.2, -0.15) is 4.99 Å². The average Bonchev–Trinajstić information content (AvgIpc) is 2.97. The van der Waals surface area contributed by atoms with Crippen LogP contribution in [0.1, 0.15) is 11.7 Å². The van der Waals surface area contributed by atoms with Crippen molar-refractivity contribution in [1.82, 2.24) is 4.98 Å². The predicted octanol–water partition coefficient (Wildman–Crippen LogP) is 1.21. The van der Waals surface area contributed by atoms with Gasteiger partial charge < -0.3 is 15.6 Å². The molecule has 1 aliphatic rings. The summed E-state index contributed by atoms with van der Waals surface area (Å²) in [5.41, 5.74) is 8.80. The van der Waals surface area contributed by atoms with E-state index < -0.39 is 5.97 Å². The van der Waals surface area contributed by atoms with E-state index in [1.54, 1.807) is 12.1 Å². The number of rotatable bonds is 4. The lowest BCUT2D eigenvalue weighted by Crippen LogP contribution is -2.48. The van der Waals surface area contributed by atoms with Crippen molar-refractivity contribution >= 4 is 28.9 Å². The molecule has 0 aliphatic carbocycles. The normalized spacial score (nSPS) is 16.0. The van der Waals surface area contributed by atoms with Crippen molar-refractivity contribution in [3.8, 4) is 5.75 Å². The minimum absolute atomic E-state index is 0.322. The fraction of sp³-hybridized carbons (Fsp3) is 0.118. The fourth-order valence-corrected chi connectivity index (χ4v) is 2.89. The molecule has 0 amide bonds. The maximum absolute atomic E-state index is 10.6. The van der Waals surface area contributed by atoms with Crippen LogP contribution in [0.4, 0.5) is 5.95 Å². The lowest BCUT2D eigenvalue weighted by Gasteiger charge is -2.18. The molecule has 1 aromatic heterocycles. The van der Waals surface area contributed by atoms with Crippen LogP contribution in [0.25, 0.3) is 11.0 Å². The van der Waals surface area contributed by atoms with E-state index in [1.807, 2.05) is 41.0 Å². The highest BCUT2D eigenvalue weighted by Crippen LogP contribution is 2.25. The number of carbonyl (C=O) groups is 1. The molecule has 2 aromatic carbocycles. The number of hydrogen-bond donors (Lipinski definition) is 4. The molecule has 2 heterocycles. The minimum Gasteiger partial charge on any atom is -0.482 e. The molecule has 1 aliphatic heterocycles. The molecule has 0 unspecified atom stereocenters. The van der Waals surface area contributed by atoms with Crippen LogP contribution < -0.4 is 20.4 Å². The molecule has 8 heteroatoms. The number of carboxylic acid groups (broad SMARTS) is 1. The Morgan fingerprint density at radius 2 is 2.00 bits per heavy atom. The topological polar surface area (TPSA) is 117 Å². The maximum atomic E-state index is 10.6. The Kier molecular flexibility index (Phi) is 3.50. The number of para-hydroxylation sites is 2. The molecular weight excluding hydrogens is 322 g/mol. The number of guanidine groups is 1. The first kappa shape index (κ1) is 15.0. The van der Waals surface area contributed by atoms with Crippen molar-refractivity contribution in [2.24, 2.45) is 10.7 Å². The fourth-order valence-electron chi connectivity index (χ4n) is 2.89. The van der Waals surface area contributed by atoms with Crippen LogP contribution in [0, 0.1) is 0 Å². The average molecular weight is 338 g/mol. The van der Waals surface area contributed by atoms with Gasteiger partial charge in [-0.05, 0) is 36.4 Å². The summed E-state index contributed by atoms with van der Waals surface area (Å²) in [6.45, 7) is -0.376. The van der Waals surface area contributed by atoms with Crippen LogP contribution >= 0.6 is 0 Å². The first-order valence-corrected chi connectivity index (χ1v) is 7.69. The summed E-state index contributed by atoms with van der Waals surface area (Å²) in [6, 6.07) is 15.1. The second kappa shape index (κ2) is 5.82. The number of carboxylic acids is 1. The third-order valence-corrected chi connectivity index (χ3v) is 3.95. The van der Waals surface area contributed by atoms with Crippen molar-refractivity contribution in [2.75, 3.05) is 11.9 Å². The maximum Gasteiger partial charge on any atom is 0.365 e. The van der Waals surface area contributed by atoms with E-state index in [9.17, 15) is 4.79 Å². The number of nitrogens with one attached hydrogen (secondary N) is 2. The third kappa shape index (κ3) is 2.74. The van der Waals surface area contributed by atoms with Gasteiger partial charge in [0.25, 0.3) is 5.96 Å². The number of fused-ring (bicyclic) bond motifs is 3. The highest BCUT2D eigenvalue weighted by molar-refractivity contribution is 5.92. The van der Waals surface area contributed by atoms with Gasteiger partial charge in [0.05, 0.1) is 0 Å². The predicted molar refractivity (Wildman–Crippen MR) is 91.5 cm³/mol. The molecule has 4 rings (SSSR count). The van der Waals surface area contributed by atoms with E-state index in [-0.39, 0.29) is 12.8 Å². The molecule has 0 spiro atoms. The first-order chi connectivity index (χ1) is 12.1. The lowest BCUT2D eigenvalue weighted by molar-refractivity contribution is -0.674. The van der Waals surface area contributed by atoms with Crippen LogP contribution in [0.15, 0.2) is 53.5 Å². The molecule has 3 aromatic rings. The van der Waals surface area contributed by atoms with Crippen molar-refractivity contribution in [1.29, 1.82) is 0 Å². The molecule has 0 fully saturated rings. The summed E-state index contributed by atoms with van der Waals surface area (Å²) >= 11 is 0. The SMILES string of the molecule is NC1=N[C@H](c2ccc(OCC(=O)O)cc2)[n+]2c([nH]c3ccccc32)N1. The van der Waals surface area contributed by atoms with Gasteiger partial charge in [0, 0.05) is 5.56 Å². The zero-order valence-corrected chi connectivity index (χ0v) is 13.1. The summed E-state index contributed by atoms with van der Waals surface area (Å²) in [5.74, 6) is 0.549. The number of hydrogen-bond acceptors (Lipinski definition) is 5. The van der Waals surface area contributed by atoms with Gasteiger partial charge in [0.1, 0.15) is 16.8 Å². The number of H-pyrrole nitrogens is 1. The number of imidazole rings is 1. The standard InChI is InChI=1S/C17H15N5O3/c18-16-20-15(10-5-7-11(8-6-10)25-9-14(23)24)22-13-4-2-1-3-12(13)19-17(22)21-16/h1-8,15H,9H2,(H4,18,19,20,21,23,24)/p+1/t15-/m0/s1. The minimum atomic E-state index is -1.02. The smallest absolute Gasteiger partial charge is 0.365 e. The number of ether oxygens (including phenoxy) is 1. The number of aliphatic carboxylic acids is 1. The Labute approximate surface area is 142 Å². The van der Waals surface area contributed by atoms with Gasteiger partial charge in [0.2, 0.25) is 6.17 Å². The van der Waals surface area contributed by atoms with Crippen LogP contribution in [0.2, 0.25) is 0 Å². The third-order valence-electron chi connectivity index (χ3n) is 3.95. The Hall–Kier alpha value is -3.55. The summed E-state index contributed by atoms with van der Waals surface area (Å²) in [7, 11) is 0. The zero-order chi connectivity index (χ0) is 17.4. The van der Waals surface area contributed by atoms with Crippen LogP contribution in [0.5, 0.6) is 5.75 Å². The summed E-state index contributed by atoms with van der Waals surface area (Å²) in [6.07, 6.45) is -0.332. The summed E-state index contributed by atoms with van der Waals surface area (Å²) in [5, 5.41) is 11.7. The molecule has 1 atom stereocenters. The number of aromatic amines is 1. The highest BCUT2D eigenvalue weighted by atomic mass is 16.5. The number of nitrogens with zero attached hydrogens (tertiary/aromatic N) is 2. The van der Waals surface area contributed by atoms with Crippen LogP contribution in [-0.2, 0) is 4.79 Å². The highest BCUT2D eigenvalue weighted by Gasteiger charge is 2.30. The number of aromatic nitrogens is 2. The van der Waals surface area contributed by atoms with Crippen LogP contribution in [-0.4, -0.2) is 28.6 Å². The molecular formula is C17H16N5O3+. The monoisotopic (exact) mass is 338 g/mol. The number of benzene rings is 2. The van der Waals surface area contributed by atoms with Crippen molar-refractivity contribution in [2.45, 2.75) is 6.17 Å². The quantitative estimate of drug-likeness (QED) is 0.534. The molecule has 0 saturated carbocycles. The van der Waals surface area contributed by atoms with Crippen LogP contribution in [0.3, 0.4) is 0 Å². The number of anilines is 1. The summed E-state index contributed by atoms with van der Waals surface area (Å²) in [4.78, 5) is 18.4. The molecule has 8 nitrogen and oxygen atoms in total. The molecule has 126 valence electrons. The number of nitrogens with two attached hydrogens (primary N) is 1. The molecule has 5 N–H and O–H groups in total. The molecule has 25 heavy (non-hydrogen) atoms. The van der Waals surface area contributed by atoms with Gasteiger partial charge in [-0.25, -0.2) is 19.7 Å². The van der Waals surface area contributed by atoms with E-state index in [0.29, 0.717) is 11.7 Å². The lowest BCUT2D eigenvalue weighted by atomic mass is 10.1. The van der Waals surface area contributed by atoms with E-state index in [2.05, 4.69) is 15.3 Å². The first-order valence-electron chi connectivity index (χ1n) is 7.69. The van der Waals surface area contributed by atoms with Crippen molar-refractivity contribution < 1.29 is 19.2 Å². The Morgan fingerprint density at radius 3 is 2.76 bits per heavy atom. The van der Waals surface area contributed by atoms with E-state index >= 15 is 0 Å². The second-order valence-corrected chi connectivity index (χ2v) is 5.63.